The number of carboxylic acid groups (broad SMARTS) is 2. The quantitative estimate of drug-likeness (QED) is 0.534. The molecule has 0 fully saturated rings. The molecule has 0 aromatic carbocycles. The van der Waals surface area contributed by atoms with Crippen molar-refractivity contribution in [2.24, 2.45) is 0 Å². The van der Waals surface area contributed by atoms with E-state index < -0.39 is 24.0 Å². The molecule has 0 aromatic rings. The van der Waals surface area contributed by atoms with Gasteiger partial charge in [-0.2, -0.15) is 0 Å². The maximum atomic E-state index is 11.8. The summed E-state index contributed by atoms with van der Waals surface area (Å²) in [6, 6.07) is -1.83. The summed E-state index contributed by atoms with van der Waals surface area (Å²) in [5.74, 6) is -2.39. The highest BCUT2D eigenvalue weighted by molar-refractivity contribution is 5.83. The van der Waals surface area contributed by atoms with Gasteiger partial charge in [-0.25, -0.2) is 9.59 Å². The maximum absolute atomic E-state index is 11.8. The Morgan fingerprint density at radius 3 is 2.05 bits per heavy atom. The minimum atomic E-state index is -1.27. The lowest BCUT2D eigenvalue weighted by Gasteiger charge is -2.22. The molecular weight excluding hydrogens is 252 g/mol. The number of carboxylic acids is 2. The minimum Gasteiger partial charge on any atom is -0.481 e. The summed E-state index contributed by atoms with van der Waals surface area (Å²) in [6.45, 7) is 7.46. The van der Waals surface area contributed by atoms with Gasteiger partial charge in [0.05, 0.1) is 0 Å². The molecule has 1 atom stereocenters. The number of nitrogens with one attached hydrogen (secondary N) is 1. The van der Waals surface area contributed by atoms with Crippen LogP contribution in [0, 0.1) is 0 Å². The van der Waals surface area contributed by atoms with Crippen molar-refractivity contribution in [3.05, 3.63) is 25.3 Å². The molecule has 0 aliphatic carbocycles. The van der Waals surface area contributed by atoms with E-state index in [0.29, 0.717) is 0 Å². The first kappa shape index (κ1) is 16.7. The molecule has 3 N–H and O–H groups in total. The number of nitrogens with zero attached hydrogens (tertiary/aromatic N) is 1. The number of rotatable bonds is 9. The van der Waals surface area contributed by atoms with Crippen molar-refractivity contribution in [2.45, 2.75) is 18.9 Å². The number of urea groups is 1. The van der Waals surface area contributed by atoms with Crippen molar-refractivity contribution in [2.75, 3.05) is 13.1 Å². The number of amides is 2. The molecule has 19 heavy (non-hydrogen) atoms. The standard InChI is InChI=1S/C12H18N2O5/c1-3-7-14(8-4-2)12(19)13-9(11(17)18)5-6-10(15)16/h3-4,9H,1-2,5-8H2,(H,13,19)(H,15,16)(H,17,18). The molecule has 106 valence electrons. The van der Waals surface area contributed by atoms with Gasteiger partial charge in [0.25, 0.3) is 0 Å². The molecule has 0 rings (SSSR count). The fraction of sp³-hybridized carbons (Fsp3) is 0.417. The molecule has 0 saturated heterocycles. The highest BCUT2D eigenvalue weighted by Crippen LogP contribution is 2.00. The SMILES string of the molecule is C=CCN(CC=C)C(=O)NC(CCC(=O)O)C(=O)O. The van der Waals surface area contributed by atoms with Crippen LogP contribution < -0.4 is 5.32 Å². The van der Waals surface area contributed by atoms with Crippen LogP contribution >= 0.6 is 0 Å². The molecule has 0 bridgehead atoms. The lowest BCUT2D eigenvalue weighted by atomic mass is 10.1. The Kier molecular flexibility index (Phi) is 7.67. The maximum Gasteiger partial charge on any atom is 0.326 e. The molecule has 0 aliphatic rings. The zero-order chi connectivity index (χ0) is 14.8. The Morgan fingerprint density at radius 1 is 1.16 bits per heavy atom. The van der Waals surface area contributed by atoms with Gasteiger partial charge in [-0.3, -0.25) is 4.79 Å². The smallest absolute Gasteiger partial charge is 0.326 e. The average Bonchev–Trinajstić information content (AvgIpc) is 2.33. The highest BCUT2D eigenvalue weighted by Gasteiger charge is 2.22. The third-order valence-electron chi connectivity index (χ3n) is 2.23. The summed E-state index contributed by atoms with van der Waals surface area (Å²) >= 11 is 0. The zero-order valence-corrected chi connectivity index (χ0v) is 10.5. The van der Waals surface area contributed by atoms with Crippen molar-refractivity contribution in [3.8, 4) is 0 Å². The van der Waals surface area contributed by atoms with Crippen LogP contribution in [-0.2, 0) is 9.59 Å². The van der Waals surface area contributed by atoms with E-state index in [1.165, 1.54) is 17.1 Å². The van der Waals surface area contributed by atoms with Gasteiger partial charge in [-0.15, -0.1) is 13.2 Å². The summed E-state index contributed by atoms with van der Waals surface area (Å²) in [5.41, 5.74) is 0. The van der Waals surface area contributed by atoms with Gasteiger partial charge in [-0.05, 0) is 6.42 Å². The fourth-order valence-electron chi connectivity index (χ4n) is 1.32. The molecule has 0 radical (unpaired) electrons. The molecule has 7 nitrogen and oxygen atoms in total. The predicted molar refractivity (Wildman–Crippen MR) is 68.8 cm³/mol. The summed E-state index contributed by atoms with van der Waals surface area (Å²) in [7, 11) is 0. The van der Waals surface area contributed by atoms with E-state index in [4.69, 9.17) is 10.2 Å². The number of hydrogen-bond donors (Lipinski definition) is 3. The Morgan fingerprint density at radius 2 is 1.68 bits per heavy atom. The normalized spacial score (nSPS) is 11.2. The lowest BCUT2D eigenvalue weighted by Crippen LogP contribution is -2.48. The predicted octanol–water partition coefficient (Wildman–Crippen LogP) is 0.688. The first-order valence-corrected chi connectivity index (χ1v) is 5.64. The van der Waals surface area contributed by atoms with Gasteiger partial charge >= 0.3 is 18.0 Å². The summed E-state index contributed by atoms with van der Waals surface area (Å²) < 4.78 is 0. The number of hydrogen-bond acceptors (Lipinski definition) is 3. The molecule has 0 aliphatic heterocycles. The molecular formula is C12H18N2O5. The van der Waals surface area contributed by atoms with Gasteiger partial charge in [-0.1, -0.05) is 12.2 Å². The summed E-state index contributed by atoms with van der Waals surface area (Å²) in [4.78, 5) is 34.4. The van der Waals surface area contributed by atoms with Crippen LogP contribution in [0.1, 0.15) is 12.8 Å². The van der Waals surface area contributed by atoms with Gasteiger partial charge in [0.2, 0.25) is 0 Å². The topological polar surface area (TPSA) is 107 Å². The fourth-order valence-corrected chi connectivity index (χ4v) is 1.32. The Bertz CT molecular complexity index is 357. The molecule has 0 spiro atoms. The number of aliphatic carboxylic acids is 2. The number of carbonyl (C=O) groups excluding carboxylic acids is 1. The molecule has 1 unspecified atom stereocenters. The van der Waals surface area contributed by atoms with E-state index in [0.717, 1.165) is 0 Å². The van der Waals surface area contributed by atoms with E-state index in [2.05, 4.69) is 18.5 Å². The third kappa shape index (κ3) is 6.87. The van der Waals surface area contributed by atoms with Crippen LogP contribution in [-0.4, -0.2) is 52.2 Å². The van der Waals surface area contributed by atoms with Crippen LogP contribution in [0.3, 0.4) is 0 Å². The van der Waals surface area contributed by atoms with Crippen LogP contribution in [0.4, 0.5) is 4.79 Å². The van der Waals surface area contributed by atoms with Crippen LogP contribution in [0.5, 0.6) is 0 Å². The second kappa shape index (κ2) is 8.73. The Labute approximate surface area is 111 Å². The minimum absolute atomic E-state index is 0.174. The van der Waals surface area contributed by atoms with Gasteiger partial charge in [0.15, 0.2) is 0 Å². The van der Waals surface area contributed by atoms with Gasteiger partial charge in [0, 0.05) is 19.5 Å². The molecule has 0 heterocycles. The van der Waals surface area contributed by atoms with E-state index in [-0.39, 0.29) is 25.9 Å². The van der Waals surface area contributed by atoms with E-state index >= 15 is 0 Å². The second-order valence-corrected chi connectivity index (χ2v) is 3.76. The van der Waals surface area contributed by atoms with Crippen LogP contribution in [0.25, 0.3) is 0 Å². The van der Waals surface area contributed by atoms with Crippen LogP contribution in [0.15, 0.2) is 25.3 Å². The summed E-state index contributed by atoms with van der Waals surface area (Å²) in [5, 5.41) is 19.7. The van der Waals surface area contributed by atoms with Gasteiger partial charge in [0.1, 0.15) is 6.04 Å². The first-order chi connectivity index (χ1) is 8.92. The Balaban J connectivity index is 4.58. The van der Waals surface area contributed by atoms with E-state index in [1.807, 2.05) is 0 Å². The summed E-state index contributed by atoms with van der Waals surface area (Å²) in [6.07, 6.45) is 2.48. The van der Waals surface area contributed by atoms with E-state index in [9.17, 15) is 14.4 Å². The molecule has 0 aromatic heterocycles. The van der Waals surface area contributed by atoms with Crippen molar-refractivity contribution in [3.63, 3.8) is 0 Å². The zero-order valence-electron chi connectivity index (χ0n) is 10.5. The number of carbonyl (C=O) groups is 3. The average molecular weight is 270 g/mol. The molecule has 2 amide bonds. The van der Waals surface area contributed by atoms with Crippen molar-refractivity contribution >= 4 is 18.0 Å². The molecule has 7 heteroatoms. The highest BCUT2D eigenvalue weighted by atomic mass is 16.4. The third-order valence-corrected chi connectivity index (χ3v) is 2.23. The van der Waals surface area contributed by atoms with E-state index in [1.54, 1.807) is 0 Å². The second-order valence-electron chi connectivity index (χ2n) is 3.76. The molecule has 0 saturated carbocycles. The van der Waals surface area contributed by atoms with Crippen molar-refractivity contribution < 1.29 is 24.6 Å². The van der Waals surface area contributed by atoms with Crippen molar-refractivity contribution in [1.82, 2.24) is 10.2 Å². The van der Waals surface area contributed by atoms with Crippen molar-refractivity contribution in [1.29, 1.82) is 0 Å². The Hall–Kier alpha value is -2.31. The van der Waals surface area contributed by atoms with Gasteiger partial charge < -0.3 is 20.4 Å². The first-order valence-electron chi connectivity index (χ1n) is 5.64. The van der Waals surface area contributed by atoms with Crippen LogP contribution in [0.2, 0.25) is 0 Å². The monoisotopic (exact) mass is 270 g/mol. The largest absolute Gasteiger partial charge is 0.481 e. The lowest BCUT2D eigenvalue weighted by molar-refractivity contribution is -0.140.